The number of carbonyl (C=O) groups is 3. The minimum atomic E-state index is -1.22. The molecule has 0 bridgehead atoms. The van der Waals surface area contributed by atoms with Crippen molar-refractivity contribution in [3.05, 3.63) is 17.5 Å². The van der Waals surface area contributed by atoms with Crippen LogP contribution in [0, 0.1) is 6.92 Å². The fourth-order valence-corrected chi connectivity index (χ4v) is 1.54. The molecule has 21 heavy (non-hydrogen) atoms. The topological polar surface area (TPSA) is 130 Å². The fraction of sp³-hybridized carbons (Fsp3) is 0.417. The number of anilines is 1. The molecule has 2 N–H and O–H groups in total. The molecule has 0 saturated heterocycles. The quantitative estimate of drug-likeness (QED) is 0.664. The first kappa shape index (κ1) is 16.3. The third kappa shape index (κ3) is 4.71. The van der Waals surface area contributed by atoms with Gasteiger partial charge in [0.15, 0.2) is 0 Å². The summed E-state index contributed by atoms with van der Waals surface area (Å²) < 4.78 is 4.82. The van der Waals surface area contributed by atoms with E-state index in [1.807, 2.05) is 0 Å². The van der Waals surface area contributed by atoms with Gasteiger partial charge in [-0.05, 0) is 13.8 Å². The zero-order chi connectivity index (χ0) is 16.0. The standard InChI is InChI=1S/C12H15N3O6/c1-3-21-11(20)8-4-13-12(14-7(8)2)15(5-9(16)17)6-10(18)19/h4H,3,5-6H2,1-2H3,(H,16,17)(H,18,19). The van der Waals surface area contributed by atoms with E-state index in [1.54, 1.807) is 6.92 Å². The number of ether oxygens (including phenoxy) is 1. The van der Waals surface area contributed by atoms with Crippen LogP contribution in [0.3, 0.4) is 0 Å². The molecule has 0 aliphatic rings. The SMILES string of the molecule is CCOC(=O)c1cnc(N(CC(=O)O)CC(=O)O)nc1C. The van der Waals surface area contributed by atoms with Crippen LogP contribution in [0.4, 0.5) is 5.95 Å². The van der Waals surface area contributed by atoms with Crippen LogP contribution in [0.5, 0.6) is 0 Å². The summed E-state index contributed by atoms with van der Waals surface area (Å²) in [5.41, 5.74) is 0.422. The Morgan fingerprint density at radius 3 is 2.24 bits per heavy atom. The van der Waals surface area contributed by atoms with Crippen molar-refractivity contribution in [3.63, 3.8) is 0 Å². The first-order chi connectivity index (χ1) is 9.85. The lowest BCUT2D eigenvalue weighted by molar-refractivity contribution is -0.136. The van der Waals surface area contributed by atoms with Gasteiger partial charge in [0.05, 0.1) is 17.9 Å². The van der Waals surface area contributed by atoms with Crippen molar-refractivity contribution in [3.8, 4) is 0 Å². The summed E-state index contributed by atoms with van der Waals surface area (Å²) in [4.78, 5) is 41.9. The Morgan fingerprint density at radius 1 is 1.24 bits per heavy atom. The minimum Gasteiger partial charge on any atom is -0.480 e. The molecule has 0 saturated carbocycles. The van der Waals surface area contributed by atoms with Crippen LogP contribution in [-0.4, -0.2) is 57.8 Å². The molecule has 1 aromatic heterocycles. The second-order valence-corrected chi connectivity index (χ2v) is 4.03. The van der Waals surface area contributed by atoms with E-state index in [0.717, 1.165) is 4.90 Å². The second-order valence-electron chi connectivity index (χ2n) is 4.03. The van der Waals surface area contributed by atoms with Gasteiger partial charge in [0.2, 0.25) is 5.95 Å². The zero-order valence-corrected chi connectivity index (χ0v) is 11.6. The van der Waals surface area contributed by atoms with Gasteiger partial charge < -0.3 is 19.8 Å². The number of hydrogen-bond donors (Lipinski definition) is 2. The van der Waals surface area contributed by atoms with Crippen molar-refractivity contribution < 1.29 is 29.3 Å². The van der Waals surface area contributed by atoms with Gasteiger partial charge in [-0.15, -0.1) is 0 Å². The van der Waals surface area contributed by atoms with Crippen LogP contribution in [0.15, 0.2) is 6.20 Å². The number of hydrogen-bond acceptors (Lipinski definition) is 7. The van der Waals surface area contributed by atoms with E-state index in [-0.39, 0.29) is 23.8 Å². The highest BCUT2D eigenvalue weighted by Gasteiger charge is 2.19. The lowest BCUT2D eigenvalue weighted by atomic mass is 10.2. The summed E-state index contributed by atoms with van der Waals surface area (Å²) in [5, 5.41) is 17.6. The summed E-state index contributed by atoms with van der Waals surface area (Å²) in [6.45, 7) is 2.25. The lowest BCUT2D eigenvalue weighted by Gasteiger charge is -2.18. The van der Waals surface area contributed by atoms with Gasteiger partial charge in [-0.2, -0.15) is 0 Å². The number of carbonyl (C=O) groups excluding carboxylic acids is 1. The maximum Gasteiger partial charge on any atom is 0.341 e. The van der Waals surface area contributed by atoms with Gasteiger partial charge in [-0.25, -0.2) is 14.8 Å². The second kappa shape index (κ2) is 7.17. The van der Waals surface area contributed by atoms with E-state index < -0.39 is 31.0 Å². The van der Waals surface area contributed by atoms with Crippen LogP contribution in [0.1, 0.15) is 23.0 Å². The molecule has 1 rings (SSSR count). The van der Waals surface area contributed by atoms with Gasteiger partial charge in [0.1, 0.15) is 13.1 Å². The molecule has 1 heterocycles. The predicted octanol–water partition coefficient (Wildman–Crippen LogP) is -0.0627. The van der Waals surface area contributed by atoms with Crippen LogP contribution in [0.2, 0.25) is 0 Å². The van der Waals surface area contributed by atoms with E-state index in [1.165, 1.54) is 13.1 Å². The Balaban J connectivity index is 3.05. The average Bonchev–Trinajstić information content (AvgIpc) is 2.36. The summed E-state index contributed by atoms with van der Waals surface area (Å²) in [7, 11) is 0. The normalized spacial score (nSPS) is 10.0. The van der Waals surface area contributed by atoms with Crippen molar-refractivity contribution in [1.29, 1.82) is 0 Å². The van der Waals surface area contributed by atoms with Crippen molar-refractivity contribution in [2.45, 2.75) is 13.8 Å². The molecule has 0 aliphatic heterocycles. The molecule has 114 valence electrons. The van der Waals surface area contributed by atoms with E-state index in [4.69, 9.17) is 14.9 Å². The smallest absolute Gasteiger partial charge is 0.341 e. The van der Waals surface area contributed by atoms with E-state index in [2.05, 4.69) is 9.97 Å². The summed E-state index contributed by atoms with van der Waals surface area (Å²) >= 11 is 0. The van der Waals surface area contributed by atoms with Crippen molar-refractivity contribution in [2.24, 2.45) is 0 Å². The number of carboxylic acids is 2. The summed E-state index contributed by atoms with van der Waals surface area (Å²) in [6.07, 6.45) is 1.19. The summed E-state index contributed by atoms with van der Waals surface area (Å²) in [5.74, 6) is -3.10. The third-order valence-corrected chi connectivity index (χ3v) is 2.40. The molecule has 0 atom stereocenters. The number of carboxylic acid groups (broad SMARTS) is 2. The van der Waals surface area contributed by atoms with Gasteiger partial charge in [0.25, 0.3) is 0 Å². The number of rotatable bonds is 7. The highest BCUT2D eigenvalue weighted by Crippen LogP contribution is 2.12. The molecule has 0 aromatic carbocycles. The first-order valence-electron chi connectivity index (χ1n) is 6.04. The van der Waals surface area contributed by atoms with Crippen LogP contribution >= 0.6 is 0 Å². The fourth-order valence-electron chi connectivity index (χ4n) is 1.54. The Labute approximate surface area is 120 Å². The Hall–Kier alpha value is -2.71. The van der Waals surface area contributed by atoms with Crippen molar-refractivity contribution in [2.75, 3.05) is 24.6 Å². The average molecular weight is 297 g/mol. The molecule has 0 radical (unpaired) electrons. The van der Waals surface area contributed by atoms with E-state index in [0.29, 0.717) is 0 Å². The monoisotopic (exact) mass is 297 g/mol. The largest absolute Gasteiger partial charge is 0.480 e. The molecule has 9 nitrogen and oxygen atoms in total. The number of aliphatic carboxylic acids is 2. The number of aryl methyl sites for hydroxylation is 1. The Kier molecular flexibility index (Phi) is 5.58. The minimum absolute atomic E-state index is 0.0784. The van der Waals surface area contributed by atoms with Gasteiger partial charge in [0, 0.05) is 6.20 Å². The van der Waals surface area contributed by atoms with Crippen molar-refractivity contribution >= 4 is 23.9 Å². The maximum absolute atomic E-state index is 11.6. The van der Waals surface area contributed by atoms with Crippen LogP contribution in [-0.2, 0) is 14.3 Å². The molecular weight excluding hydrogens is 282 g/mol. The van der Waals surface area contributed by atoms with Gasteiger partial charge >= 0.3 is 17.9 Å². The Morgan fingerprint density at radius 2 is 1.81 bits per heavy atom. The van der Waals surface area contributed by atoms with Gasteiger partial charge in [-0.1, -0.05) is 0 Å². The predicted molar refractivity (Wildman–Crippen MR) is 70.2 cm³/mol. The van der Waals surface area contributed by atoms with E-state index >= 15 is 0 Å². The Bertz CT molecular complexity index is 544. The molecule has 9 heteroatoms. The number of esters is 1. The molecule has 0 fully saturated rings. The number of aromatic nitrogens is 2. The van der Waals surface area contributed by atoms with Crippen LogP contribution < -0.4 is 4.90 Å². The molecule has 0 spiro atoms. The molecule has 0 aliphatic carbocycles. The lowest BCUT2D eigenvalue weighted by Crippen LogP contribution is -2.36. The third-order valence-electron chi connectivity index (χ3n) is 2.40. The highest BCUT2D eigenvalue weighted by molar-refractivity contribution is 5.90. The molecular formula is C12H15N3O6. The maximum atomic E-state index is 11.6. The first-order valence-corrected chi connectivity index (χ1v) is 6.04. The zero-order valence-electron chi connectivity index (χ0n) is 11.6. The van der Waals surface area contributed by atoms with Crippen LogP contribution in [0.25, 0.3) is 0 Å². The molecule has 1 aromatic rings. The molecule has 0 unspecified atom stereocenters. The summed E-state index contributed by atoms with van der Waals surface area (Å²) in [6, 6.07) is 0. The van der Waals surface area contributed by atoms with E-state index in [9.17, 15) is 14.4 Å². The molecule has 0 amide bonds. The van der Waals surface area contributed by atoms with Gasteiger partial charge in [-0.3, -0.25) is 9.59 Å². The number of nitrogens with zero attached hydrogens (tertiary/aromatic N) is 3. The highest BCUT2D eigenvalue weighted by atomic mass is 16.5. The van der Waals surface area contributed by atoms with Crippen molar-refractivity contribution in [1.82, 2.24) is 9.97 Å².